The number of halogens is 1. The molecule has 1 aromatic carbocycles. The van der Waals surface area contributed by atoms with Gasteiger partial charge in [-0.15, -0.1) is 0 Å². The maximum absolute atomic E-state index is 11.1. The van der Waals surface area contributed by atoms with Crippen molar-refractivity contribution < 1.29 is 9.53 Å². The molecule has 4 heteroatoms. The summed E-state index contributed by atoms with van der Waals surface area (Å²) >= 11 is 5.76. The molecule has 0 aliphatic heterocycles. The molecule has 15 heavy (non-hydrogen) atoms. The topological polar surface area (TPSA) is 50.1 Å². The molecule has 0 bridgehead atoms. The molecule has 0 atom stereocenters. The van der Waals surface area contributed by atoms with Crippen LogP contribution in [0, 0.1) is 11.3 Å². The second-order valence-corrected chi connectivity index (χ2v) is 3.15. The molecule has 0 saturated carbocycles. The lowest BCUT2D eigenvalue weighted by molar-refractivity contribution is -0.135. The van der Waals surface area contributed by atoms with Crippen LogP contribution >= 0.6 is 11.6 Å². The summed E-state index contributed by atoms with van der Waals surface area (Å²) in [6.07, 6.45) is 1.43. The Hall–Kier alpha value is -1.79. The molecule has 76 valence electrons. The summed E-state index contributed by atoms with van der Waals surface area (Å²) in [5, 5.41) is 9.25. The Bertz CT molecular complexity index is 446. The summed E-state index contributed by atoms with van der Waals surface area (Å²) in [5.74, 6) is -0.655. The van der Waals surface area contributed by atoms with Gasteiger partial charge in [0.15, 0.2) is 0 Å². The summed E-state index contributed by atoms with van der Waals surface area (Å²) < 4.78 is 4.44. The summed E-state index contributed by atoms with van der Waals surface area (Å²) in [4.78, 5) is 11.1. The summed E-state index contributed by atoms with van der Waals surface area (Å²) in [5.41, 5.74) is 0.629. The van der Waals surface area contributed by atoms with E-state index in [1.54, 1.807) is 30.3 Å². The van der Waals surface area contributed by atoms with Crippen LogP contribution < -0.4 is 0 Å². The van der Waals surface area contributed by atoms with E-state index in [1.807, 2.05) is 0 Å². The number of carbonyl (C=O) groups excluding carboxylic acids is 1. The first-order valence-corrected chi connectivity index (χ1v) is 4.51. The van der Waals surface area contributed by atoms with Gasteiger partial charge in [-0.3, -0.25) is 0 Å². The van der Waals surface area contributed by atoms with Crippen LogP contribution in [-0.2, 0) is 9.53 Å². The lowest BCUT2D eigenvalue weighted by atomic mass is 10.1. The molecule has 0 fully saturated rings. The van der Waals surface area contributed by atoms with E-state index in [0.717, 1.165) is 0 Å². The fourth-order valence-electron chi connectivity index (χ4n) is 1.01. The zero-order valence-electron chi connectivity index (χ0n) is 8.03. The van der Waals surface area contributed by atoms with E-state index in [4.69, 9.17) is 16.9 Å². The van der Waals surface area contributed by atoms with Crippen molar-refractivity contribution in [3.8, 4) is 6.07 Å². The van der Waals surface area contributed by atoms with Gasteiger partial charge >= 0.3 is 5.97 Å². The Morgan fingerprint density at radius 3 is 2.87 bits per heavy atom. The highest BCUT2D eigenvalue weighted by molar-refractivity contribution is 6.30. The van der Waals surface area contributed by atoms with Crippen LogP contribution in [0.25, 0.3) is 6.08 Å². The lowest BCUT2D eigenvalue weighted by Crippen LogP contribution is -2.02. The Morgan fingerprint density at radius 2 is 2.33 bits per heavy atom. The Labute approximate surface area is 92.5 Å². The number of methoxy groups -OCH3 is 1. The number of hydrogen-bond acceptors (Lipinski definition) is 3. The van der Waals surface area contributed by atoms with Gasteiger partial charge in [-0.2, -0.15) is 5.26 Å². The van der Waals surface area contributed by atoms with Crippen molar-refractivity contribution in [2.24, 2.45) is 0 Å². The molecule has 0 spiro atoms. The average Bonchev–Trinajstić information content (AvgIpc) is 2.25. The van der Waals surface area contributed by atoms with Crippen molar-refractivity contribution in [1.82, 2.24) is 0 Å². The van der Waals surface area contributed by atoms with E-state index >= 15 is 0 Å². The molecular formula is C11H8ClNO2. The minimum absolute atomic E-state index is 0.0558. The van der Waals surface area contributed by atoms with Gasteiger partial charge in [0.1, 0.15) is 11.6 Å². The molecule has 0 radical (unpaired) electrons. The molecule has 1 aromatic rings. The predicted molar refractivity (Wildman–Crippen MR) is 57.1 cm³/mol. The van der Waals surface area contributed by atoms with Crippen molar-refractivity contribution in [3.05, 3.63) is 40.4 Å². The van der Waals surface area contributed by atoms with Crippen LogP contribution in [0.5, 0.6) is 0 Å². The van der Waals surface area contributed by atoms with Gasteiger partial charge in [0.05, 0.1) is 7.11 Å². The number of esters is 1. The molecule has 0 unspecified atom stereocenters. The van der Waals surface area contributed by atoms with Gasteiger partial charge < -0.3 is 4.74 Å². The van der Waals surface area contributed by atoms with Gasteiger partial charge in [-0.25, -0.2) is 4.79 Å². The van der Waals surface area contributed by atoms with E-state index < -0.39 is 5.97 Å². The third-order valence-electron chi connectivity index (χ3n) is 1.69. The summed E-state index contributed by atoms with van der Waals surface area (Å²) in [7, 11) is 1.23. The molecule has 0 amide bonds. The maximum atomic E-state index is 11.1. The summed E-state index contributed by atoms with van der Waals surface area (Å²) in [6, 6.07) is 8.61. The fraction of sp³-hybridized carbons (Fsp3) is 0.0909. The number of nitriles is 1. The fourth-order valence-corrected chi connectivity index (χ4v) is 1.21. The number of rotatable bonds is 2. The van der Waals surface area contributed by atoms with Crippen molar-refractivity contribution in [1.29, 1.82) is 5.26 Å². The predicted octanol–water partition coefficient (Wildman–Crippen LogP) is 2.42. The van der Waals surface area contributed by atoms with E-state index in [9.17, 15) is 4.79 Å². The minimum atomic E-state index is -0.655. The number of carbonyl (C=O) groups is 1. The molecule has 0 heterocycles. The molecule has 0 saturated heterocycles. The van der Waals surface area contributed by atoms with Gasteiger partial charge in [-0.1, -0.05) is 23.7 Å². The van der Waals surface area contributed by atoms with Gasteiger partial charge in [-0.05, 0) is 23.8 Å². The number of benzene rings is 1. The second kappa shape index (κ2) is 5.18. The zero-order chi connectivity index (χ0) is 11.3. The van der Waals surface area contributed by atoms with Crippen LogP contribution in [-0.4, -0.2) is 13.1 Å². The lowest BCUT2D eigenvalue weighted by Gasteiger charge is -1.97. The van der Waals surface area contributed by atoms with Crippen molar-refractivity contribution in [3.63, 3.8) is 0 Å². The van der Waals surface area contributed by atoms with Crippen LogP contribution in [0.4, 0.5) is 0 Å². The molecule has 0 aromatic heterocycles. The first kappa shape index (κ1) is 11.3. The highest BCUT2D eigenvalue weighted by atomic mass is 35.5. The van der Waals surface area contributed by atoms with Crippen molar-refractivity contribution in [2.45, 2.75) is 0 Å². The van der Waals surface area contributed by atoms with E-state index in [2.05, 4.69) is 4.74 Å². The van der Waals surface area contributed by atoms with Crippen LogP contribution in [0.1, 0.15) is 5.56 Å². The Kier molecular flexibility index (Phi) is 3.90. The molecule has 0 aliphatic rings. The average molecular weight is 222 g/mol. The monoisotopic (exact) mass is 221 g/mol. The standard InChI is InChI=1S/C11H8ClNO2/c1-15-11(14)9(7-13)5-8-3-2-4-10(12)6-8/h2-6H,1H3/b9-5+. The maximum Gasteiger partial charge on any atom is 0.348 e. The molecule has 0 N–H and O–H groups in total. The van der Waals surface area contributed by atoms with E-state index in [-0.39, 0.29) is 5.57 Å². The van der Waals surface area contributed by atoms with Crippen LogP contribution in [0.2, 0.25) is 5.02 Å². The van der Waals surface area contributed by atoms with E-state index in [1.165, 1.54) is 13.2 Å². The van der Waals surface area contributed by atoms with Crippen LogP contribution in [0.15, 0.2) is 29.8 Å². The first-order chi connectivity index (χ1) is 7.17. The van der Waals surface area contributed by atoms with Crippen LogP contribution in [0.3, 0.4) is 0 Å². The highest BCUT2D eigenvalue weighted by Gasteiger charge is 2.07. The van der Waals surface area contributed by atoms with Gasteiger partial charge in [0, 0.05) is 5.02 Å². The highest BCUT2D eigenvalue weighted by Crippen LogP contribution is 2.13. The third-order valence-corrected chi connectivity index (χ3v) is 1.92. The van der Waals surface area contributed by atoms with E-state index in [0.29, 0.717) is 10.6 Å². The molecule has 0 aliphatic carbocycles. The number of hydrogen-bond donors (Lipinski definition) is 0. The summed E-state index contributed by atoms with van der Waals surface area (Å²) in [6.45, 7) is 0. The SMILES string of the molecule is COC(=O)/C(C#N)=C/c1cccc(Cl)c1. The zero-order valence-corrected chi connectivity index (χ0v) is 8.78. The van der Waals surface area contributed by atoms with Gasteiger partial charge in [0.2, 0.25) is 0 Å². The third kappa shape index (κ3) is 3.12. The number of ether oxygens (including phenoxy) is 1. The Balaban J connectivity index is 3.05. The molecule has 3 nitrogen and oxygen atoms in total. The van der Waals surface area contributed by atoms with Crippen molar-refractivity contribution in [2.75, 3.05) is 7.11 Å². The number of nitrogens with zero attached hydrogens (tertiary/aromatic N) is 1. The largest absolute Gasteiger partial charge is 0.465 e. The quantitative estimate of drug-likeness (QED) is 0.438. The Morgan fingerprint density at radius 1 is 1.60 bits per heavy atom. The normalized spacial score (nSPS) is 10.6. The minimum Gasteiger partial charge on any atom is -0.465 e. The second-order valence-electron chi connectivity index (χ2n) is 2.72. The smallest absolute Gasteiger partial charge is 0.348 e. The van der Waals surface area contributed by atoms with Gasteiger partial charge in [0.25, 0.3) is 0 Å². The van der Waals surface area contributed by atoms with Crippen molar-refractivity contribution >= 4 is 23.6 Å². The first-order valence-electron chi connectivity index (χ1n) is 4.13. The molecular weight excluding hydrogens is 214 g/mol. The molecule has 1 rings (SSSR count).